The molecule has 0 aliphatic heterocycles. The first-order chi connectivity index (χ1) is 8.65. The fourth-order valence-corrected chi connectivity index (χ4v) is 3.95. The van der Waals surface area contributed by atoms with E-state index < -0.39 is 5.97 Å². The van der Waals surface area contributed by atoms with Crippen LogP contribution in [0.4, 0.5) is 0 Å². The summed E-state index contributed by atoms with van der Waals surface area (Å²) in [4.78, 5) is 13.9. The van der Waals surface area contributed by atoms with Crippen molar-refractivity contribution in [2.24, 2.45) is 0 Å². The van der Waals surface area contributed by atoms with Crippen LogP contribution in [0.3, 0.4) is 0 Å². The van der Waals surface area contributed by atoms with Crippen LogP contribution < -0.4 is 5.32 Å². The predicted octanol–water partition coefficient (Wildman–Crippen LogP) is 3.49. The third-order valence-electron chi connectivity index (χ3n) is 2.32. The fourth-order valence-electron chi connectivity index (χ4n) is 1.51. The summed E-state index contributed by atoms with van der Waals surface area (Å²) >= 11 is 6.76. The molecule has 0 bridgehead atoms. The lowest BCUT2D eigenvalue weighted by Gasteiger charge is -2.01. The maximum atomic E-state index is 10.6. The molecule has 0 fully saturated rings. The average molecular weight is 346 g/mol. The van der Waals surface area contributed by atoms with Crippen molar-refractivity contribution in [3.8, 4) is 0 Å². The minimum atomic E-state index is -0.779. The molecule has 0 atom stereocenters. The van der Waals surface area contributed by atoms with Crippen LogP contribution in [0.25, 0.3) is 0 Å². The van der Waals surface area contributed by atoms with Crippen molar-refractivity contribution in [2.45, 2.75) is 19.5 Å². The topological polar surface area (TPSA) is 49.3 Å². The molecule has 0 aromatic carbocycles. The van der Waals surface area contributed by atoms with Gasteiger partial charge in [-0.3, -0.25) is 4.79 Å². The number of hydrogen-bond acceptors (Lipinski definition) is 4. The molecule has 0 spiro atoms. The molecule has 2 aromatic heterocycles. The normalized spacial score (nSPS) is 10.7. The smallest absolute Gasteiger partial charge is 0.308 e. The van der Waals surface area contributed by atoms with E-state index in [-0.39, 0.29) is 6.42 Å². The summed E-state index contributed by atoms with van der Waals surface area (Å²) in [6.45, 7) is 1.60. The monoisotopic (exact) mass is 345 g/mol. The van der Waals surface area contributed by atoms with Crippen molar-refractivity contribution in [3.05, 3.63) is 42.7 Å². The van der Waals surface area contributed by atoms with Crippen LogP contribution in [0.15, 0.2) is 28.1 Å². The first kappa shape index (κ1) is 13.7. The van der Waals surface area contributed by atoms with Gasteiger partial charge in [-0.05, 0) is 39.5 Å². The van der Waals surface area contributed by atoms with E-state index in [0.717, 1.165) is 22.4 Å². The molecule has 0 amide bonds. The Kier molecular flexibility index (Phi) is 4.94. The number of thiophene rings is 2. The molecule has 6 heteroatoms. The van der Waals surface area contributed by atoms with E-state index in [9.17, 15) is 4.79 Å². The van der Waals surface area contributed by atoms with Crippen LogP contribution >= 0.6 is 38.6 Å². The molecule has 0 aliphatic rings. The highest BCUT2D eigenvalue weighted by molar-refractivity contribution is 9.10. The van der Waals surface area contributed by atoms with Gasteiger partial charge in [0.1, 0.15) is 0 Å². The average Bonchev–Trinajstić information content (AvgIpc) is 2.89. The van der Waals surface area contributed by atoms with Crippen LogP contribution in [-0.2, 0) is 24.3 Å². The Bertz CT molecular complexity index is 536. The van der Waals surface area contributed by atoms with Gasteiger partial charge >= 0.3 is 5.97 Å². The zero-order valence-corrected chi connectivity index (χ0v) is 12.7. The van der Waals surface area contributed by atoms with Crippen molar-refractivity contribution in [1.82, 2.24) is 5.32 Å². The van der Waals surface area contributed by atoms with Crippen molar-refractivity contribution >= 4 is 44.6 Å². The van der Waals surface area contributed by atoms with E-state index in [4.69, 9.17) is 5.11 Å². The second-order valence-corrected chi connectivity index (χ2v) is 6.84. The minimum Gasteiger partial charge on any atom is -0.481 e. The molecule has 0 saturated heterocycles. The number of carboxylic acid groups (broad SMARTS) is 1. The third kappa shape index (κ3) is 3.91. The van der Waals surface area contributed by atoms with Gasteiger partial charge in [-0.15, -0.1) is 22.7 Å². The van der Waals surface area contributed by atoms with Gasteiger partial charge < -0.3 is 10.4 Å². The number of nitrogens with one attached hydrogen (secondary N) is 1. The molecular formula is C12H12BrNO2S2. The predicted molar refractivity (Wildman–Crippen MR) is 78.2 cm³/mol. The third-order valence-corrected chi connectivity index (χ3v) is 5.33. The maximum Gasteiger partial charge on any atom is 0.308 e. The van der Waals surface area contributed by atoms with Crippen LogP contribution in [0.1, 0.15) is 14.6 Å². The molecule has 18 heavy (non-hydrogen) atoms. The van der Waals surface area contributed by atoms with Gasteiger partial charge in [-0.1, -0.05) is 0 Å². The summed E-state index contributed by atoms with van der Waals surface area (Å²) < 4.78 is 1.14. The largest absolute Gasteiger partial charge is 0.481 e. The van der Waals surface area contributed by atoms with Crippen molar-refractivity contribution in [2.75, 3.05) is 0 Å². The molecule has 0 saturated carbocycles. The first-order valence-corrected chi connectivity index (χ1v) is 7.86. The van der Waals surface area contributed by atoms with Gasteiger partial charge in [0.25, 0.3) is 0 Å². The van der Waals surface area contributed by atoms with Crippen LogP contribution in [0, 0.1) is 0 Å². The highest BCUT2D eigenvalue weighted by atomic mass is 79.9. The van der Waals surface area contributed by atoms with E-state index in [1.165, 1.54) is 9.75 Å². The first-order valence-electron chi connectivity index (χ1n) is 5.37. The lowest BCUT2D eigenvalue weighted by Crippen LogP contribution is -2.10. The quantitative estimate of drug-likeness (QED) is 0.842. The second-order valence-electron chi connectivity index (χ2n) is 3.73. The zero-order valence-electron chi connectivity index (χ0n) is 9.48. The van der Waals surface area contributed by atoms with Crippen LogP contribution in [-0.4, -0.2) is 11.1 Å². The molecular weight excluding hydrogens is 334 g/mol. The number of halogens is 1. The van der Waals surface area contributed by atoms with Gasteiger partial charge in [0.15, 0.2) is 0 Å². The number of carboxylic acids is 1. The van der Waals surface area contributed by atoms with Crippen molar-refractivity contribution in [3.63, 3.8) is 0 Å². The Morgan fingerprint density at radius 1 is 1.28 bits per heavy atom. The maximum absolute atomic E-state index is 10.6. The summed E-state index contributed by atoms with van der Waals surface area (Å²) in [6.07, 6.45) is 0.112. The van der Waals surface area contributed by atoms with E-state index in [1.807, 2.05) is 18.2 Å². The Morgan fingerprint density at radius 2 is 2.06 bits per heavy atom. The molecule has 2 aromatic rings. The van der Waals surface area contributed by atoms with Gasteiger partial charge in [-0.2, -0.15) is 0 Å². The summed E-state index contributed by atoms with van der Waals surface area (Å²) in [5, 5.41) is 14.1. The molecule has 96 valence electrons. The molecule has 0 unspecified atom stereocenters. The van der Waals surface area contributed by atoms with E-state index in [2.05, 4.69) is 26.6 Å². The van der Waals surface area contributed by atoms with Gasteiger partial charge in [0.05, 0.1) is 6.42 Å². The van der Waals surface area contributed by atoms with E-state index >= 15 is 0 Å². The molecule has 2 rings (SSSR count). The summed E-state index contributed by atoms with van der Waals surface area (Å²) in [5.41, 5.74) is 0. The Morgan fingerprint density at radius 3 is 2.72 bits per heavy atom. The lowest BCUT2D eigenvalue weighted by atomic mass is 10.3. The molecule has 2 N–H and O–H groups in total. The number of hydrogen-bond donors (Lipinski definition) is 2. The Hall–Kier alpha value is -0.690. The van der Waals surface area contributed by atoms with Gasteiger partial charge in [0.2, 0.25) is 0 Å². The number of aliphatic carboxylic acids is 1. The second kappa shape index (κ2) is 6.47. The molecule has 3 nitrogen and oxygen atoms in total. The lowest BCUT2D eigenvalue weighted by molar-refractivity contribution is -0.136. The summed E-state index contributed by atoms with van der Waals surface area (Å²) in [6, 6.07) is 5.91. The Balaban J connectivity index is 1.82. The van der Waals surface area contributed by atoms with Crippen LogP contribution in [0.2, 0.25) is 0 Å². The van der Waals surface area contributed by atoms with Gasteiger partial charge in [0, 0.05) is 32.2 Å². The van der Waals surface area contributed by atoms with Crippen molar-refractivity contribution < 1.29 is 9.90 Å². The Labute approximate surface area is 122 Å². The molecule has 0 radical (unpaired) electrons. The minimum absolute atomic E-state index is 0.112. The van der Waals surface area contributed by atoms with Crippen LogP contribution in [0.5, 0.6) is 0 Å². The standard InChI is InChI=1S/C12H12BrNO2S2/c13-10-3-4-17-11(10)7-14-6-9-2-1-8(18-9)5-12(15)16/h1-4,14H,5-7H2,(H,15,16). The molecule has 2 heterocycles. The SMILES string of the molecule is O=C(O)Cc1ccc(CNCc2sccc2Br)s1. The highest BCUT2D eigenvalue weighted by Gasteiger charge is 2.05. The van der Waals surface area contributed by atoms with Crippen molar-refractivity contribution in [1.29, 1.82) is 0 Å². The van der Waals surface area contributed by atoms with E-state index in [1.54, 1.807) is 22.7 Å². The summed E-state index contributed by atoms with van der Waals surface area (Å²) in [7, 11) is 0. The summed E-state index contributed by atoms with van der Waals surface area (Å²) in [5.74, 6) is -0.779. The fraction of sp³-hybridized carbons (Fsp3) is 0.250. The number of rotatable bonds is 6. The zero-order chi connectivity index (χ0) is 13.0. The molecule has 0 aliphatic carbocycles. The van der Waals surface area contributed by atoms with Gasteiger partial charge in [-0.25, -0.2) is 0 Å². The number of carbonyl (C=O) groups is 1. The van der Waals surface area contributed by atoms with E-state index in [0.29, 0.717) is 0 Å². The highest BCUT2D eigenvalue weighted by Crippen LogP contribution is 2.22.